The van der Waals surface area contributed by atoms with Crippen molar-refractivity contribution in [2.24, 2.45) is 16.2 Å². The predicted molar refractivity (Wildman–Crippen MR) is 261 cm³/mol. The number of ketones is 3. The fourth-order valence-corrected chi connectivity index (χ4v) is 9.50. The van der Waals surface area contributed by atoms with Gasteiger partial charge in [-0.2, -0.15) is 0 Å². The average Bonchev–Trinajstić information content (AvgIpc) is 3.75. The van der Waals surface area contributed by atoms with Crippen molar-refractivity contribution in [1.82, 2.24) is 20.4 Å². The van der Waals surface area contributed by atoms with E-state index in [4.69, 9.17) is 9.47 Å². The summed E-state index contributed by atoms with van der Waals surface area (Å²) in [6.45, 7) is 38.1. The molecule has 2 aliphatic heterocycles. The van der Waals surface area contributed by atoms with Gasteiger partial charge in [0.2, 0.25) is 0 Å². The lowest BCUT2D eigenvalue weighted by Gasteiger charge is -2.43. The summed E-state index contributed by atoms with van der Waals surface area (Å²) in [5.41, 5.74) is -3.76. The van der Waals surface area contributed by atoms with Gasteiger partial charge in [-0.05, 0) is 127 Å². The van der Waals surface area contributed by atoms with Gasteiger partial charge in [0, 0.05) is 65.3 Å². The van der Waals surface area contributed by atoms with Gasteiger partial charge in [-0.1, -0.05) is 86.6 Å². The summed E-state index contributed by atoms with van der Waals surface area (Å²) in [7, 11) is 0. The highest BCUT2D eigenvalue weighted by molar-refractivity contribution is 5.94. The number of ether oxygens (including phenoxy) is 2. The molecule has 0 bridgehead atoms. The van der Waals surface area contributed by atoms with E-state index in [0.717, 1.165) is 32.1 Å². The second-order valence-electron chi connectivity index (χ2n) is 25.1. The second kappa shape index (κ2) is 22.7. The number of hydrogen-bond donors (Lipinski definition) is 2. The van der Waals surface area contributed by atoms with Gasteiger partial charge in [-0.25, -0.2) is 4.79 Å². The third kappa shape index (κ3) is 18.4. The van der Waals surface area contributed by atoms with E-state index in [1.54, 1.807) is 4.90 Å². The number of allylic oxidation sites excluding steroid dienone is 4. The van der Waals surface area contributed by atoms with Crippen molar-refractivity contribution >= 4 is 29.4 Å². The molecule has 64 heavy (non-hydrogen) atoms. The molecule has 2 saturated heterocycles. The van der Waals surface area contributed by atoms with E-state index in [9.17, 15) is 24.0 Å². The standard InChI is InChI=1S/C53H94N4O7/c1-46(2,3)42(59)40-36-39(37-57(40)51(16,17)18)64-41(58)30-26-22-21-24-28-32-52(54-49(10,11)12,43(60)47(4,5)6)31-27-23-19-20-25-29-35-63-45(62)56-34-33-53(38-56,55-50(13,14)15)44(61)48(7,8)9/h19-22,39-40,54-55H,23-38H2,1-18H3/b20-19+,22-21+/t39-,40+,52?,53-/m0/s1. The SMILES string of the molecule is CC(C)(C)NC(CCC/C=C/CCCOC(=O)N1CC[C@@](NC(C)(C)C)(C(=O)C(C)(C)C)C1)(CCC/C=C/CCC(=O)O[C@H]1C[C@H](C(=O)C(C)(C)C)N(C(C)(C)C)C1)C(=O)C(C)(C)C. The Morgan fingerprint density at radius 2 is 1.20 bits per heavy atom. The van der Waals surface area contributed by atoms with E-state index in [1.807, 2.05) is 89.2 Å². The molecule has 0 radical (unpaired) electrons. The molecule has 11 heteroatoms. The van der Waals surface area contributed by atoms with E-state index in [1.165, 1.54) is 0 Å². The number of rotatable bonds is 21. The van der Waals surface area contributed by atoms with Crippen LogP contribution >= 0.6 is 0 Å². The van der Waals surface area contributed by atoms with Crippen LogP contribution in [0.1, 0.15) is 202 Å². The molecule has 1 amide bonds. The Bertz CT molecular complexity index is 1630. The summed E-state index contributed by atoms with van der Waals surface area (Å²) in [5, 5.41) is 7.32. The van der Waals surface area contributed by atoms with Gasteiger partial charge in [-0.15, -0.1) is 0 Å². The first-order chi connectivity index (χ1) is 29.0. The monoisotopic (exact) mass is 899 g/mol. The van der Waals surface area contributed by atoms with E-state index in [-0.39, 0.29) is 64.6 Å². The lowest BCUT2D eigenvalue weighted by atomic mass is 9.72. The maximum Gasteiger partial charge on any atom is 0.409 e. The van der Waals surface area contributed by atoms with Gasteiger partial charge in [0.05, 0.1) is 23.7 Å². The first-order valence-corrected chi connectivity index (χ1v) is 24.4. The van der Waals surface area contributed by atoms with Crippen LogP contribution in [0.15, 0.2) is 24.3 Å². The highest BCUT2D eigenvalue weighted by Crippen LogP contribution is 2.36. The summed E-state index contributed by atoms with van der Waals surface area (Å²) in [5.74, 6) is 0.286. The number of unbranched alkanes of at least 4 members (excludes halogenated alkanes) is 3. The van der Waals surface area contributed by atoms with Crippen LogP contribution in [0.25, 0.3) is 0 Å². The Morgan fingerprint density at radius 1 is 0.672 bits per heavy atom. The average molecular weight is 899 g/mol. The number of carbonyl (C=O) groups excluding carboxylic acids is 5. The second-order valence-corrected chi connectivity index (χ2v) is 25.1. The third-order valence-electron chi connectivity index (χ3n) is 12.0. The van der Waals surface area contributed by atoms with Crippen LogP contribution in [0.3, 0.4) is 0 Å². The lowest BCUT2D eigenvalue weighted by molar-refractivity contribution is -0.148. The highest BCUT2D eigenvalue weighted by atomic mass is 16.6. The number of carbonyl (C=O) groups is 5. The molecule has 2 rings (SSSR count). The quantitative estimate of drug-likeness (QED) is 0.0651. The molecule has 0 aromatic heterocycles. The van der Waals surface area contributed by atoms with Gasteiger partial charge in [0.15, 0.2) is 17.3 Å². The van der Waals surface area contributed by atoms with Gasteiger partial charge >= 0.3 is 12.1 Å². The highest BCUT2D eigenvalue weighted by Gasteiger charge is 2.51. The zero-order valence-corrected chi connectivity index (χ0v) is 44.0. The van der Waals surface area contributed by atoms with E-state index < -0.39 is 27.3 Å². The van der Waals surface area contributed by atoms with Gasteiger partial charge in [0.25, 0.3) is 0 Å². The number of hydrogen-bond acceptors (Lipinski definition) is 10. The van der Waals surface area contributed by atoms with Crippen LogP contribution < -0.4 is 10.6 Å². The third-order valence-corrected chi connectivity index (χ3v) is 12.0. The zero-order chi connectivity index (χ0) is 49.2. The number of nitrogens with one attached hydrogen (secondary N) is 2. The van der Waals surface area contributed by atoms with Crippen molar-refractivity contribution in [3.63, 3.8) is 0 Å². The van der Waals surface area contributed by atoms with Gasteiger partial charge < -0.3 is 19.7 Å². The van der Waals surface area contributed by atoms with Crippen LogP contribution in [0.5, 0.6) is 0 Å². The molecule has 11 nitrogen and oxygen atoms in total. The van der Waals surface area contributed by atoms with Crippen LogP contribution in [0.2, 0.25) is 0 Å². The summed E-state index contributed by atoms with van der Waals surface area (Å²) in [6.07, 6.45) is 15.9. The minimum atomic E-state index is -0.793. The Kier molecular flexibility index (Phi) is 20.3. The van der Waals surface area contributed by atoms with E-state index >= 15 is 0 Å². The molecule has 0 aromatic carbocycles. The molecular formula is C53H94N4O7. The van der Waals surface area contributed by atoms with Crippen LogP contribution in [-0.4, -0.2) is 105 Å². The maximum absolute atomic E-state index is 14.3. The molecule has 368 valence electrons. The first kappa shape index (κ1) is 57.2. The molecular weight excluding hydrogens is 805 g/mol. The molecule has 1 unspecified atom stereocenters. The fraction of sp³-hybridized carbons (Fsp3) is 0.830. The van der Waals surface area contributed by atoms with Crippen LogP contribution in [0, 0.1) is 16.2 Å². The normalized spacial score (nSPS) is 21.8. The fourth-order valence-electron chi connectivity index (χ4n) is 9.50. The van der Waals surface area contributed by atoms with Crippen molar-refractivity contribution in [3.8, 4) is 0 Å². The molecule has 0 aromatic rings. The molecule has 2 aliphatic rings. The van der Waals surface area contributed by atoms with Crippen molar-refractivity contribution < 1.29 is 33.4 Å². The zero-order valence-electron chi connectivity index (χ0n) is 44.0. The number of likely N-dealkylation sites (tertiary alicyclic amines) is 2. The largest absolute Gasteiger partial charge is 0.461 e. The summed E-state index contributed by atoms with van der Waals surface area (Å²) in [6, 6.07) is -0.261. The first-order valence-electron chi connectivity index (χ1n) is 24.4. The number of amides is 1. The molecule has 2 fully saturated rings. The van der Waals surface area contributed by atoms with E-state index in [0.29, 0.717) is 64.8 Å². The molecule has 2 heterocycles. The Balaban J connectivity index is 1.90. The predicted octanol–water partition coefficient (Wildman–Crippen LogP) is 10.7. The molecule has 4 atom stereocenters. The molecule has 0 spiro atoms. The summed E-state index contributed by atoms with van der Waals surface area (Å²) in [4.78, 5) is 70.8. The summed E-state index contributed by atoms with van der Waals surface area (Å²) < 4.78 is 11.6. The van der Waals surface area contributed by atoms with Crippen molar-refractivity contribution in [2.45, 2.75) is 242 Å². The van der Waals surface area contributed by atoms with E-state index in [2.05, 4.69) is 75.3 Å². The minimum Gasteiger partial charge on any atom is -0.461 e. The van der Waals surface area contributed by atoms with Crippen LogP contribution in [0.4, 0.5) is 4.79 Å². The maximum atomic E-state index is 14.3. The topological polar surface area (TPSA) is 134 Å². The van der Waals surface area contributed by atoms with Crippen LogP contribution in [-0.2, 0) is 28.7 Å². The molecule has 2 N–H and O–H groups in total. The Hall–Kier alpha value is -2.89. The van der Waals surface area contributed by atoms with Gasteiger partial charge in [-0.3, -0.25) is 29.4 Å². The Morgan fingerprint density at radius 3 is 1.67 bits per heavy atom. The molecule has 0 saturated carbocycles. The van der Waals surface area contributed by atoms with Gasteiger partial charge in [0.1, 0.15) is 6.10 Å². The number of Topliss-reactive ketones (excluding diaryl/α,β-unsaturated/α-hetero) is 3. The number of esters is 1. The minimum absolute atomic E-state index is 0.115. The van der Waals surface area contributed by atoms with Crippen molar-refractivity contribution in [1.29, 1.82) is 0 Å². The smallest absolute Gasteiger partial charge is 0.409 e. The Labute approximate surface area is 390 Å². The van der Waals surface area contributed by atoms with Crippen molar-refractivity contribution in [2.75, 3.05) is 26.2 Å². The molecule has 0 aliphatic carbocycles. The van der Waals surface area contributed by atoms with Crippen molar-refractivity contribution in [3.05, 3.63) is 24.3 Å². The number of nitrogens with zero attached hydrogens (tertiary/aromatic N) is 2. The lowest BCUT2D eigenvalue weighted by Crippen LogP contribution is -2.63. The summed E-state index contributed by atoms with van der Waals surface area (Å²) >= 11 is 0.